The Morgan fingerprint density at radius 2 is 1.88 bits per heavy atom. The Morgan fingerprint density at radius 3 is 2.31 bits per heavy atom. The first kappa shape index (κ1) is 16.2. The molecule has 0 aliphatic carbocycles. The van der Waals surface area contributed by atoms with Crippen molar-refractivity contribution in [3.8, 4) is 0 Å². The number of benzene rings is 1. The summed E-state index contributed by atoms with van der Waals surface area (Å²) in [6.45, 7) is -3.58. The van der Waals surface area contributed by atoms with Crippen molar-refractivity contribution in [3.63, 3.8) is 0 Å². The van der Waals surface area contributed by atoms with Gasteiger partial charge in [0.15, 0.2) is 0 Å². The van der Waals surface area contributed by atoms with E-state index >= 15 is 0 Å². The molecule has 0 fully saturated rings. The van der Waals surface area contributed by atoms with Crippen LogP contribution in [0.3, 0.4) is 0 Å². The zero-order chi connectivity index (χ0) is 11.6. The van der Waals surface area contributed by atoms with Gasteiger partial charge in [0.25, 0.3) is 0 Å². The van der Waals surface area contributed by atoms with Gasteiger partial charge >= 0.3 is 64.3 Å². The Morgan fingerprint density at radius 1 is 1.31 bits per heavy atom. The SMILES string of the molecule is COC(=O)c1cc(C)ccc1[B-](F)(F)F.[K+]. The van der Waals surface area contributed by atoms with E-state index in [4.69, 9.17) is 0 Å². The van der Waals surface area contributed by atoms with Crippen LogP contribution in [0.15, 0.2) is 18.2 Å². The number of methoxy groups -OCH3 is 1. The smallest absolute Gasteiger partial charge is 0.465 e. The molecule has 1 rings (SSSR count). The molecule has 0 radical (unpaired) electrons. The summed E-state index contributed by atoms with van der Waals surface area (Å²) in [6.07, 6.45) is 0. The summed E-state index contributed by atoms with van der Waals surface area (Å²) in [6, 6.07) is 3.40. The largest absolute Gasteiger partial charge is 1.00 e. The average Bonchev–Trinajstić information content (AvgIpc) is 2.14. The van der Waals surface area contributed by atoms with E-state index in [9.17, 15) is 17.7 Å². The van der Waals surface area contributed by atoms with Crippen molar-refractivity contribution in [2.45, 2.75) is 6.92 Å². The Bertz CT molecular complexity index is 393. The zero-order valence-corrected chi connectivity index (χ0v) is 12.4. The molecule has 82 valence electrons. The van der Waals surface area contributed by atoms with E-state index in [1.165, 1.54) is 12.1 Å². The van der Waals surface area contributed by atoms with Crippen LogP contribution in [0.1, 0.15) is 15.9 Å². The van der Waals surface area contributed by atoms with E-state index in [0.29, 0.717) is 5.56 Å². The van der Waals surface area contributed by atoms with Gasteiger partial charge in [0.2, 0.25) is 0 Å². The van der Waals surface area contributed by atoms with Gasteiger partial charge in [-0.25, -0.2) is 4.79 Å². The Balaban J connectivity index is 0.00000225. The molecule has 0 heterocycles. The van der Waals surface area contributed by atoms with Gasteiger partial charge in [-0.1, -0.05) is 23.2 Å². The van der Waals surface area contributed by atoms with Gasteiger partial charge in [-0.05, 0) is 13.0 Å². The van der Waals surface area contributed by atoms with Crippen molar-refractivity contribution in [3.05, 3.63) is 29.3 Å². The molecule has 2 nitrogen and oxygen atoms in total. The van der Waals surface area contributed by atoms with E-state index in [1.54, 1.807) is 6.92 Å². The summed E-state index contributed by atoms with van der Waals surface area (Å²) in [5, 5.41) is 0. The number of halogens is 3. The minimum absolute atomic E-state index is 0. The van der Waals surface area contributed by atoms with Crippen molar-refractivity contribution >= 4 is 18.4 Å². The number of carbonyl (C=O) groups is 1. The van der Waals surface area contributed by atoms with Gasteiger partial charge in [0, 0.05) is 5.56 Å². The maximum atomic E-state index is 12.5. The third kappa shape index (κ3) is 3.89. The normalized spacial score (nSPS) is 10.6. The average molecular weight is 256 g/mol. The zero-order valence-electron chi connectivity index (χ0n) is 9.26. The molecule has 0 saturated heterocycles. The Kier molecular flexibility index (Phi) is 6.28. The molecule has 1 aromatic rings. The van der Waals surface area contributed by atoms with Crippen LogP contribution in [-0.2, 0) is 4.74 Å². The molecule has 0 unspecified atom stereocenters. The summed E-state index contributed by atoms with van der Waals surface area (Å²) in [7, 11) is 1.05. The number of esters is 1. The van der Waals surface area contributed by atoms with Crippen LogP contribution in [-0.4, -0.2) is 20.1 Å². The summed E-state index contributed by atoms with van der Waals surface area (Å²) in [5.74, 6) is -0.965. The molecular formula is C9H9BF3KO2. The minimum atomic E-state index is -5.19. The van der Waals surface area contributed by atoms with Crippen molar-refractivity contribution in [2.24, 2.45) is 0 Å². The van der Waals surface area contributed by atoms with E-state index in [1.807, 2.05) is 0 Å². The monoisotopic (exact) mass is 256 g/mol. The predicted molar refractivity (Wildman–Crippen MR) is 51.2 cm³/mol. The molecule has 0 aliphatic heterocycles. The van der Waals surface area contributed by atoms with Gasteiger partial charge in [0.1, 0.15) is 0 Å². The van der Waals surface area contributed by atoms with Crippen LogP contribution in [0.4, 0.5) is 12.9 Å². The fourth-order valence-corrected chi connectivity index (χ4v) is 1.24. The number of hydrogen-bond donors (Lipinski definition) is 0. The van der Waals surface area contributed by atoms with Crippen LogP contribution in [0.25, 0.3) is 0 Å². The quantitative estimate of drug-likeness (QED) is 0.493. The summed E-state index contributed by atoms with van der Waals surface area (Å²) < 4.78 is 41.9. The fourth-order valence-electron chi connectivity index (χ4n) is 1.24. The molecule has 0 saturated carbocycles. The van der Waals surface area contributed by atoms with Crippen molar-refractivity contribution < 1.29 is 73.9 Å². The van der Waals surface area contributed by atoms with Crippen LogP contribution in [0.2, 0.25) is 0 Å². The molecule has 0 aromatic heterocycles. The Labute approximate surface area is 134 Å². The minimum Gasteiger partial charge on any atom is -0.465 e. The first-order chi connectivity index (χ1) is 6.86. The Hall–Kier alpha value is 0.181. The van der Waals surface area contributed by atoms with E-state index < -0.39 is 24.0 Å². The van der Waals surface area contributed by atoms with Gasteiger partial charge in [-0.15, -0.1) is 0 Å². The maximum Gasteiger partial charge on any atom is 1.00 e. The second kappa shape index (κ2) is 6.21. The van der Waals surface area contributed by atoms with Gasteiger partial charge < -0.3 is 17.7 Å². The van der Waals surface area contributed by atoms with Crippen molar-refractivity contribution in [1.82, 2.24) is 0 Å². The summed E-state index contributed by atoms with van der Waals surface area (Å²) in [5.41, 5.74) is -0.753. The van der Waals surface area contributed by atoms with Crippen molar-refractivity contribution in [2.75, 3.05) is 7.11 Å². The third-order valence-electron chi connectivity index (χ3n) is 1.97. The molecule has 0 amide bonds. The van der Waals surface area contributed by atoms with E-state index in [0.717, 1.165) is 13.2 Å². The number of ether oxygens (including phenoxy) is 1. The van der Waals surface area contributed by atoms with Crippen LogP contribution < -0.4 is 56.8 Å². The first-order valence-corrected chi connectivity index (χ1v) is 4.25. The van der Waals surface area contributed by atoms with Crippen LogP contribution in [0.5, 0.6) is 0 Å². The molecular weight excluding hydrogens is 247 g/mol. The predicted octanol–water partition coefficient (Wildman–Crippen LogP) is -1.16. The topological polar surface area (TPSA) is 26.3 Å². The standard InChI is InChI=1S/C9H9BF3O2.K/c1-6-3-4-8(10(11,12)13)7(5-6)9(14)15-2;/h3-5H,1-2H3;/q-1;+1. The summed E-state index contributed by atoms with van der Waals surface area (Å²) in [4.78, 5) is 11.1. The van der Waals surface area contributed by atoms with Crippen LogP contribution >= 0.6 is 0 Å². The number of rotatable bonds is 2. The molecule has 0 spiro atoms. The molecule has 0 bridgehead atoms. The van der Waals surface area contributed by atoms with E-state index in [-0.39, 0.29) is 51.4 Å². The maximum absolute atomic E-state index is 12.5. The van der Waals surface area contributed by atoms with E-state index in [2.05, 4.69) is 4.74 Å². The molecule has 1 aromatic carbocycles. The molecule has 0 aliphatic rings. The van der Waals surface area contributed by atoms with Crippen LogP contribution in [0, 0.1) is 6.92 Å². The second-order valence-corrected chi connectivity index (χ2v) is 3.16. The number of aryl methyl sites for hydroxylation is 1. The molecule has 7 heteroatoms. The van der Waals surface area contributed by atoms with Crippen molar-refractivity contribution in [1.29, 1.82) is 0 Å². The van der Waals surface area contributed by atoms with Gasteiger partial charge in [0.05, 0.1) is 7.11 Å². The fraction of sp³-hybridized carbons (Fsp3) is 0.222. The molecule has 16 heavy (non-hydrogen) atoms. The number of hydrogen-bond acceptors (Lipinski definition) is 2. The second-order valence-electron chi connectivity index (χ2n) is 3.16. The van der Waals surface area contributed by atoms with Gasteiger partial charge in [-0.3, -0.25) is 0 Å². The third-order valence-corrected chi connectivity index (χ3v) is 1.97. The summed E-state index contributed by atoms with van der Waals surface area (Å²) >= 11 is 0. The number of carbonyl (C=O) groups excluding carboxylic acids is 1. The van der Waals surface area contributed by atoms with Gasteiger partial charge in [-0.2, -0.15) is 0 Å². The first-order valence-electron chi connectivity index (χ1n) is 4.25. The molecule has 0 N–H and O–H groups in total. The molecule has 0 atom stereocenters.